The third-order valence-electron chi connectivity index (χ3n) is 3.18. The maximum Gasteiger partial charge on any atom is 0.0841 e. The number of aromatic nitrogens is 1. The Kier molecular flexibility index (Phi) is 3.61. The molecule has 0 N–H and O–H groups in total. The van der Waals surface area contributed by atoms with Crippen molar-refractivity contribution >= 4 is 28.4 Å². The van der Waals surface area contributed by atoms with Crippen LogP contribution in [0.3, 0.4) is 0 Å². The summed E-state index contributed by atoms with van der Waals surface area (Å²) in [5.74, 6) is 0. The number of hydrogen-bond acceptors (Lipinski definition) is 3. The molecule has 0 aliphatic rings. The lowest BCUT2D eigenvalue weighted by Crippen LogP contribution is -2.07. The Labute approximate surface area is 123 Å². The van der Waals surface area contributed by atoms with E-state index < -0.39 is 0 Å². The van der Waals surface area contributed by atoms with E-state index in [4.69, 9.17) is 0 Å². The molecule has 0 bridgehead atoms. The highest BCUT2D eigenvalue weighted by atomic mass is 32.2. The van der Waals surface area contributed by atoms with Crippen LogP contribution in [0, 0.1) is 0 Å². The van der Waals surface area contributed by atoms with Gasteiger partial charge in [0.1, 0.15) is 0 Å². The zero-order chi connectivity index (χ0) is 13.9. The van der Waals surface area contributed by atoms with E-state index >= 15 is 0 Å². The van der Waals surface area contributed by atoms with Crippen LogP contribution in [0.2, 0.25) is 0 Å². The highest BCUT2D eigenvalue weighted by Gasteiger charge is 2.04. The molecule has 0 saturated carbocycles. The molecule has 2 nitrogen and oxygen atoms in total. The Bertz CT molecular complexity index is 715. The molecule has 0 fully saturated rings. The predicted octanol–water partition coefficient (Wildman–Crippen LogP) is 4.45. The van der Waals surface area contributed by atoms with E-state index in [9.17, 15) is 0 Å². The highest BCUT2D eigenvalue weighted by molar-refractivity contribution is 7.99. The van der Waals surface area contributed by atoms with E-state index in [2.05, 4.69) is 72.5 Å². The van der Waals surface area contributed by atoms with E-state index in [1.165, 1.54) is 20.9 Å². The fourth-order valence-corrected chi connectivity index (χ4v) is 3.04. The van der Waals surface area contributed by atoms with Gasteiger partial charge in [-0.1, -0.05) is 30.0 Å². The molecule has 0 aliphatic carbocycles. The average Bonchev–Trinajstić information content (AvgIpc) is 2.48. The van der Waals surface area contributed by atoms with Crippen molar-refractivity contribution in [2.45, 2.75) is 9.79 Å². The smallest absolute Gasteiger partial charge is 0.0841 e. The Morgan fingerprint density at radius 1 is 0.900 bits per heavy atom. The molecule has 1 aromatic heterocycles. The minimum atomic E-state index is 1.07. The fourth-order valence-electron chi connectivity index (χ4n) is 2.10. The van der Waals surface area contributed by atoms with Gasteiger partial charge in [0.15, 0.2) is 0 Å². The Morgan fingerprint density at radius 2 is 1.65 bits per heavy atom. The summed E-state index contributed by atoms with van der Waals surface area (Å²) in [6, 6.07) is 19.0. The summed E-state index contributed by atoms with van der Waals surface area (Å²) >= 11 is 1.76. The standard InChI is InChI=1S/C17H16N2S/c1-19(2)14-8-10-15(11-9-14)20-16-7-3-5-13-6-4-12-18-17(13)16/h3-12H,1-2H3. The maximum atomic E-state index is 4.49. The lowest BCUT2D eigenvalue weighted by molar-refractivity contribution is 1.13. The lowest BCUT2D eigenvalue weighted by Gasteiger charge is -2.12. The van der Waals surface area contributed by atoms with Crippen LogP contribution in [-0.4, -0.2) is 19.1 Å². The normalized spacial score (nSPS) is 10.7. The van der Waals surface area contributed by atoms with Crippen LogP contribution in [0.5, 0.6) is 0 Å². The van der Waals surface area contributed by atoms with Crippen LogP contribution in [-0.2, 0) is 0 Å². The first kappa shape index (κ1) is 13.0. The second-order valence-electron chi connectivity index (χ2n) is 4.82. The minimum Gasteiger partial charge on any atom is -0.378 e. The molecule has 0 amide bonds. The Balaban J connectivity index is 1.93. The van der Waals surface area contributed by atoms with Gasteiger partial charge in [-0.25, -0.2) is 0 Å². The fraction of sp³-hybridized carbons (Fsp3) is 0.118. The summed E-state index contributed by atoms with van der Waals surface area (Å²) in [5, 5.41) is 1.18. The van der Waals surface area contributed by atoms with Gasteiger partial charge in [0.25, 0.3) is 0 Å². The van der Waals surface area contributed by atoms with Crippen LogP contribution in [0.25, 0.3) is 10.9 Å². The molecule has 0 aliphatic heterocycles. The number of anilines is 1. The molecular formula is C17H16N2S. The van der Waals surface area contributed by atoms with Crippen LogP contribution < -0.4 is 4.90 Å². The van der Waals surface area contributed by atoms with Crippen molar-refractivity contribution in [2.24, 2.45) is 0 Å². The van der Waals surface area contributed by atoms with Gasteiger partial charge < -0.3 is 4.90 Å². The van der Waals surface area contributed by atoms with Crippen LogP contribution >= 0.6 is 11.8 Å². The zero-order valence-electron chi connectivity index (χ0n) is 11.6. The monoisotopic (exact) mass is 280 g/mol. The predicted molar refractivity (Wildman–Crippen MR) is 86.6 cm³/mol. The van der Waals surface area contributed by atoms with Crippen molar-refractivity contribution in [1.29, 1.82) is 0 Å². The van der Waals surface area contributed by atoms with Gasteiger partial charge in [0, 0.05) is 41.2 Å². The number of para-hydroxylation sites is 1. The van der Waals surface area contributed by atoms with E-state index in [1.54, 1.807) is 11.8 Å². The molecule has 0 spiro atoms. The molecule has 20 heavy (non-hydrogen) atoms. The number of rotatable bonds is 3. The topological polar surface area (TPSA) is 16.1 Å². The molecule has 0 unspecified atom stereocenters. The van der Waals surface area contributed by atoms with Crippen molar-refractivity contribution in [3.8, 4) is 0 Å². The number of benzene rings is 2. The van der Waals surface area contributed by atoms with E-state index in [1.807, 2.05) is 12.3 Å². The van der Waals surface area contributed by atoms with Crippen molar-refractivity contribution in [3.05, 3.63) is 60.8 Å². The first-order valence-corrected chi connectivity index (χ1v) is 7.35. The molecule has 3 rings (SSSR count). The van der Waals surface area contributed by atoms with Gasteiger partial charge in [0.2, 0.25) is 0 Å². The molecule has 3 heteroatoms. The summed E-state index contributed by atoms with van der Waals surface area (Å²) in [7, 11) is 4.10. The van der Waals surface area contributed by atoms with Crippen molar-refractivity contribution in [3.63, 3.8) is 0 Å². The van der Waals surface area contributed by atoms with Crippen molar-refractivity contribution < 1.29 is 0 Å². The molecule has 0 atom stereocenters. The summed E-state index contributed by atoms with van der Waals surface area (Å²) in [6.07, 6.45) is 1.85. The first-order valence-electron chi connectivity index (χ1n) is 6.53. The Hall–Kier alpha value is -2.00. The highest BCUT2D eigenvalue weighted by Crippen LogP contribution is 2.33. The van der Waals surface area contributed by atoms with Crippen LogP contribution in [0.15, 0.2) is 70.6 Å². The molecule has 0 radical (unpaired) electrons. The second-order valence-corrected chi connectivity index (χ2v) is 5.94. The first-order chi connectivity index (χ1) is 9.74. The van der Waals surface area contributed by atoms with Gasteiger partial charge >= 0.3 is 0 Å². The summed E-state index contributed by atoms with van der Waals surface area (Å²) in [5.41, 5.74) is 2.28. The number of fused-ring (bicyclic) bond motifs is 1. The van der Waals surface area contributed by atoms with Gasteiger partial charge in [-0.05, 0) is 36.4 Å². The summed E-state index contributed by atoms with van der Waals surface area (Å²) in [4.78, 5) is 9.02. The second kappa shape index (κ2) is 5.55. The largest absolute Gasteiger partial charge is 0.378 e. The van der Waals surface area contributed by atoms with Gasteiger partial charge in [-0.2, -0.15) is 0 Å². The Morgan fingerprint density at radius 3 is 2.40 bits per heavy atom. The number of nitrogens with zero attached hydrogens (tertiary/aromatic N) is 2. The molecule has 0 saturated heterocycles. The average molecular weight is 280 g/mol. The van der Waals surface area contributed by atoms with E-state index in [-0.39, 0.29) is 0 Å². The minimum absolute atomic E-state index is 1.07. The van der Waals surface area contributed by atoms with Crippen LogP contribution in [0.1, 0.15) is 0 Å². The van der Waals surface area contributed by atoms with Crippen molar-refractivity contribution in [2.75, 3.05) is 19.0 Å². The van der Waals surface area contributed by atoms with Crippen molar-refractivity contribution in [1.82, 2.24) is 4.98 Å². The molecule has 3 aromatic rings. The number of hydrogen-bond donors (Lipinski definition) is 0. The summed E-state index contributed by atoms with van der Waals surface area (Å²) < 4.78 is 0. The molecular weight excluding hydrogens is 264 g/mol. The van der Waals surface area contributed by atoms with Crippen LogP contribution in [0.4, 0.5) is 5.69 Å². The molecule has 2 aromatic carbocycles. The van der Waals surface area contributed by atoms with Gasteiger partial charge in [-0.3, -0.25) is 4.98 Å². The molecule has 1 heterocycles. The third-order valence-corrected chi connectivity index (χ3v) is 4.23. The lowest BCUT2D eigenvalue weighted by atomic mass is 10.2. The quantitative estimate of drug-likeness (QED) is 0.705. The van der Waals surface area contributed by atoms with Gasteiger partial charge in [-0.15, -0.1) is 0 Å². The zero-order valence-corrected chi connectivity index (χ0v) is 12.4. The third kappa shape index (κ3) is 2.63. The maximum absolute atomic E-state index is 4.49. The molecule has 100 valence electrons. The number of pyridine rings is 1. The SMILES string of the molecule is CN(C)c1ccc(Sc2cccc3cccnc23)cc1. The van der Waals surface area contributed by atoms with E-state index in [0.717, 1.165) is 5.52 Å². The van der Waals surface area contributed by atoms with E-state index in [0.29, 0.717) is 0 Å². The summed E-state index contributed by atoms with van der Waals surface area (Å²) in [6.45, 7) is 0. The van der Waals surface area contributed by atoms with Gasteiger partial charge in [0.05, 0.1) is 5.52 Å².